The molecular formula is C23H23NO3S. The van der Waals surface area contributed by atoms with Gasteiger partial charge in [0, 0.05) is 28.2 Å². The maximum atomic E-state index is 12.5. The maximum Gasteiger partial charge on any atom is 0.225 e. The highest BCUT2D eigenvalue weighted by atomic mass is 32.1. The molecule has 0 aliphatic carbocycles. The van der Waals surface area contributed by atoms with E-state index in [-0.39, 0.29) is 11.8 Å². The lowest BCUT2D eigenvalue weighted by atomic mass is 9.89. The van der Waals surface area contributed by atoms with E-state index in [1.54, 1.807) is 18.4 Å². The van der Waals surface area contributed by atoms with Gasteiger partial charge >= 0.3 is 0 Å². The number of benzene rings is 2. The number of hydrogen-bond acceptors (Lipinski definition) is 4. The molecule has 28 heavy (non-hydrogen) atoms. The van der Waals surface area contributed by atoms with Gasteiger partial charge in [0.15, 0.2) is 11.5 Å². The predicted octanol–water partition coefficient (Wildman–Crippen LogP) is 5.69. The van der Waals surface area contributed by atoms with E-state index in [9.17, 15) is 4.79 Å². The second-order valence-corrected chi connectivity index (χ2v) is 7.73. The van der Waals surface area contributed by atoms with E-state index in [0.717, 1.165) is 34.5 Å². The molecule has 1 atom stereocenters. The number of methoxy groups -OCH3 is 1. The van der Waals surface area contributed by atoms with Crippen LogP contribution in [0.15, 0.2) is 53.9 Å². The normalized spacial score (nSPS) is 15.6. The molecule has 5 heteroatoms. The molecule has 0 saturated heterocycles. The van der Waals surface area contributed by atoms with Gasteiger partial charge in [-0.3, -0.25) is 4.79 Å². The van der Waals surface area contributed by atoms with Crippen LogP contribution in [0.2, 0.25) is 0 Å². The fraction of sp³-hybridized carbons (Fsp3) is 0.261. The first kappa shape index (κ1) is 18.6. The largest absolute Gasteiger partial charge is 0.493 e. The minimum Gasteiger partial charge on any atom is -0.493 e. The van der Waals surface area contributed by atoms with Gasteiger partial charge in [-0.1, -0.05) is 43.3 Å². The molecule has 0 fully saturated rings. The summed E-state index contributed by atoms with van der Waals surface area (Å²) >= 11 is 1.70. The van der Waals surface area contributed by atoms with Gasteiger partial charge < -0.3 is 14.8 Å². The van der Waals surface area contributed by atoms with Gasteiger partial charge in [0.2, 0.25) is 5.91 Å². The Morgan fingerprint density at radius 1 is 1.14 bits per heavy atom. The number of hydrogen-bond donors (Lipinski definition) is 1. The van der Waals surface area contributed by atoms with Crippen LogP contribution in [-0.4, -0.2) is 19.6 Å². The second-order valence-electron chi connectivity index (χ2n) is 6.82. The van der Waals surface area contributed by atoms with Crippen LogP contribution < -0.4 is 14.8 Å². The van der Waals surface area contributed by atoms with Crippen LogP contribution in [0.4, 0.5) is 5.69 Å². The zero-order chi connectivity index (χ0) is 19.5. The quantitative estimate of drug-likeness (QED) is 0.585. The highest BCUT2D eigenvalue weighted by molar-refractivity contribution is 7.11. The minimum absolute atomic E-state index is 0.0142. The molecule has 4 nitrogen and oxygen atoms in total. The molecule has 1 N–H and O–H groups in total. The Morgan fingerprint density at radius 2 is 1.96 bits per heavy atom. The summed E-state index contributed by atoms with van der Waals surface area (Å²) in [6, 6.07) is 16.2. The monoisotopic (exact) mass is 393 g/mol. The van der Waals surface area contributed by atoms with Crippen LogP contribution in [0.1, 0.15) is 36.1 Å². The average molecular weight is 394 g/mol. The molecule has 1 amide bonds. The molecule has 2 heterocycles. The fourth-order valence-electron chi connectivity index (χ4n) is 3.56. The van der Waals surface area contributed by atoms with Crippen molar-refractivity contribution in [2.75, 3.05) is 19.0 Å². The molecule has 0 saturated carbocycles. The van der Waals surface area contributed by atoms with Crippen molar-refractivity contribution in [3.8, 4) is 22.6 Å². The van der Waals surface area contributed by atoms with Crippen LogP contribution in [0.25, 0.3) is 11.1 Å². The Labute approximate surface area is 169 Å². The van der Waals surface area contributed by atoms with E-state index in [2.05, 4.69) is 29.8 Å². The summed E-state index contributed by atoms with van der Waals surface area (Å²) < 4.78 is 11.3. The van der Waals surface area contributed by atoms with Crippen molar-refractivity contribution in [3.05, 3.63) is 64.4 Å². The number of amides is 1. The number of anilines is 1. The van der Waals surface area contributed by atoms with Crippen molar-refractivity contribution in [3.63, 3.8) is 0 Å². The first-order chi connectivity index (χ1) is 13.7. The molecule has 0 radical (unpaired) electrons. The SMILES string of the molecule is CCCOc1ccc(C2CC(=O)Nc3c(-c4ccccc4)csc32)cc1OC. The van der Waals surface area contributed by atoms with Gasteiger partial charge in [-0.25, -0.2) is 0 Å². The summed E-state index contributed by atoms with van der Waals surface area (Å²) in [5.74, 6) is 1.50. The molecule has 0 bridgehead atoms. The predicted molar refractivity (Wildman–Crippen MR) is 114 cm³/mol. The average Bonchev–Trinajstić information content (AvgIpc) is 3.16. The van der Waals surface area contributed by atoms with Gasteiger partial charge in [-0.2, -0.15) is 0 Å². The zero-order valence-corrected chi connectivity index (χ0v) is 16.8. The highest BCUT2D eigenvalue weighted by Gasteiger charge is 2.31. The first-order valence-corrected chi connectivity index (χ1v) is 10.4. The Kier molecular flexibility index (Phi) is 5.35. The van der Waals surface area contributed by atoms with Crippen molar-refractivity contribution in [1.82, 2.24) is 0 Å². The summed E-state index contributed by atoms with van der Waals surface area (Å²) in [7, 11) is 1.65. The van der Waals surface area contributed by atoms with E-state index >= 15 is 0 Å². The second kappa shape index (κ2) is 8.07. The Bertz CT molecular complexity index is 981. The smallest absolute Gasteiger partial charge is 0.225 e. The van der Waals surface area contributed by atoms with Crippen molar-refractivity contribution < 1.29 is 14.3 Å². The van der Waals surface area contributed by atoms with Gasteiger partial charge in [0.1, 0.15) is 0 Å². The van der Waals surface area contributed by atoms with Crippen LogP contribution >= 0.6 is 11.3 Å². The van der Waals surface area contributed by atoms with E-state index in [1.165, 1.54) is 4.88 Å². The number of thiophene rings is 1. The molecule has 0 spiro atoms. The molecule has 1 aliphatic rings. The van der Waals surface area contributed by atoms with Gasteiger partial charge in [0.25, 0.3) is 0 Å². The summed E-state index contributed by atoms with van der Waals surface area (Å²) in [6.07, 6.45) is 1.37. The molecule has 2 aromatic carbocycles. The van der Waals surface area contributed by atoms with Crippen molar-refractivity contribution in [2.24, 2.45) is 0 Å². The van der Waals surface area contributed by atoms with E-state index in [4.69, 9.17) is 9.47 Å². The third-order valence-corrected chi connectivity index (χ3v) is 6.02. The number of nitrogens with one attached hydrogen (secondary N) is 1. The molecule has 144 valence electrons. The number of fused-ring (bicyclic) bond motifs is 1. The fourth-order valence-corrected chi connectivity index (χ4v) is 4.72. The lowest BCUT2D eigenvalue weighted by molar-refractivity contribution is -0.116. The summed E-state index contributed by atoms with van der Waals surface area (Å²) in [5.41, 5.74) is 4.19. The third kappa shape index (κ3) is 3.50. The Balaban J connectivity index is 1.73. The topological polar surface area (TPSA) is 47.6 Å². The summed E-state index contributed by atoms with van der Waals surface area (Å²) in [6.45, 7) is 2.72. The molecule has 3 aromatic rings. The van der Waals surface area contributed by atoms with Crippen LogP contribution in [0, 0.1) is 0 Å². The lowest BCUT2D eigenvalue weighted by Gasteiger charge is -2.24. The maximum absolute atomic E-state index is 12.5. The Morgan fingerprint density at radius 3 is 2.71 bits per heavy atom. The van der Waals surface area contributed by atoms with Crippen molar-refractivity contribution >= 4 is 22.9 Å². The number of carbonyl (C=O) groups is 1. The lowest BCUT2D eigenvalue weighted by Crippen LogP contribution is -2.22. The first-order valence-electron chi connectivity index (χ1n) is 9.48. The van der Waals surface area contributed by atoms with Crippen molar-refractivity contribution in [2.45, 2.75) is 25.7 Å². The molecule has 4 rings (SSSR count). The summed E-state index contributed by atoms with van der Waals surface area (Å²) in [5, 5.41) is 5.22. The van der Waals surface area contributed by atoms with Crippen LogP contribution in [0.5, 0.6) is 11.5 Å². The summed E-state index contributed by atoms with van der Waals surface area (Å²) in [4.78, 5) is 13.7. The van der Waals surface area contributed by atoms with E-state index < -0.39 is 0 Å². The minimum atomic E-state index is 0.0142. The van der Waals surface area contributed by atoms with Crippen LogP contribution in [0.3, 0.4) is 0 Å². The van der Waals surface area contributed by atoms with E-state index in [1.807, 2.05) is 36.4 Å². The molecule has 1 aliphatic heterocycles. The number of carbonyl (C=O) groups excluding carboxylic acids is 1. The highest BCUT2D eigenvalue weighted by Crippen LogP contribution is 2.47. The van der Waals surface area contributed by atoms with E-state index in [0.29, 0.717) is 18.8 Å². The zero-order valence-electron chi connectivity index (χ0n) is 16.0. The van der Waals surface area contributed by atoms with Gasteiger partial charge in [-0.05, 0) is 29.7 Å². The van der Waals surface area contributed by atoms with Gasteiger partial charge in [0.05, 0.1) is 19.4 Å². The van der Waals surface area contributed by atoms with Crippen LogP contribution in [-0.2, 0) is 4.79 Å². The number of rotatable bonds is 6. The van der Waals surface area contributed by atoms with Gasteiger partial charge in [-0.15, -0.1) is 11.3 Å². The Hall–Kier alpha value is -2.79. The molecular weight excluding hydrogens is 370 g/mol. The molecule has 1 unspecified atom stereocenters. The third-order valence-electron chi connectivity index (χ3n) is 4.93. The molecule has 1 aromatic heterocycles. The number of ether oxygens (including phenoxy) is 2. The van der Waals surface area contributed by atoms with Crippen molar-refractivity contribution in [1.29, 1.82) is 0 Å². The standard InChI is InChI=1S/C23H23NO3S/c1-3-11-27-19-10-9-16(12-20(19)26-2)17-13-21(25)24-22-18(14-28-23(17)22)15-7-5-4-6-8-15/h4-10,12,14,17H,3,11,13H2,1-2H3,(H,24,25).